The number of methoxy groups -OCH3 is 1. The minimum absolute atomic E-state index is 0.0649. The summed E-state index contributed by atoms with van der Waals surface area (Å²) in [5, 5.41) is 0. The molecule has 140 valence electrons. The van der Waals surface area contributed by atoms with Gasteiger partial charge >= 0.3 is 0 Å². The molecule has 0 spiro atoms. The fourth-order valence-electron chi connectivity index (χ4n) is 2.86. The molecule has 0 radical (unpaired) electrons. The number of benzene rings is 2. The van der Waals surface area contributed by atoms with Gasteiger partial charge in [0.15, 0.2) is 0 Å². The van der Waals surface area contributed by atoms with Crippen molar-refractivity contribution in [2.24, 2.45) is 0 Å². The van der Waals surface area contributed by atoms with E-state index in [1.165, 1.54) is 23.5 Å². The van der Waals surface area contributed by atoms with Crippen molar-refractivity contribution in [2.45, 2.75) is 18.2 Å². The van der Waals surface area contributed by atoms with E-state index < -0.39 is 20.0 Å². The summed E-state index contributed by atoms with van der Waals surface area (Å²) in [5.74, 6) is 0.434. The van der Waals surface area contributed by atoms with Gasteiger partial charge in [-0.1, -0.05) is 12.1 Å². The number of anilines is 2. The largest absolute Gasteiger partial charge is 0.495 e. The van der Waals surface area contributed by atoms with Gasteiger partial charge in [0.05, 0.1) is 29.1 Å². The third kappa shape index (κ3) is 3.63. The summed E-state index contributed by atoms with van der Waals surface area (Å²) in [5.41, 5.74) is 1.42. The molecule has 0 unspecified atom stereocenters. The summed E-state index contributed by atoms with van der Waals surface area (Å²) in [6.07, 6.45) is 0.519. The molecule has 2 aromatic carbocycles. The van der Waals surface area contributed by atoms with Crippen LogP contribution < -0.4 is 13.8 Å². The van der Waals surface area contributed by atoms with Crippen LogP contribution in [-0.2, 0) is 20.0 Å². The van der Waals surface area contributed by atoms with E-state index in [2.05, 4.69) is 4.72 Å². The van der Waals surface area contributed by atoms with Gasteiger partial charge in [-0.15, -0.1) is 0 Å². The average Bonchev–Trinajstić information content (AvgIpc) is 2.93. The fraction of sp³-hybridized carbons (Fsp3) is 0.294. The van der Waals surface area contributed by atoms with Crippen molar-refractivity contribution >= 4 is 31.4 Å². The maximum atomic E-state index is 12.6. The lowest BCUT2D eigenvalue weighted by Gasteiger charge is -2.21. The van der Waals surface area contributed by atoms with Gasteiger partial charge in [-0.2, -0.15) is 0 Å². The van der Waals surface area contributed by atoms with Crippen molar-refractivity contribution in [2.75, 3.05) is 28.4 Å². The number of aryl methyl sites for hydroxylation is 1. The fourth-order valence-corrected chi connectivity index (χ4v) is 5.57. The van der Waals surface area contributed by atoms with Crippen LogP contribution in [0, 0.1) is 6.92 Å². The molecule has 1 saturated heterocycles. The highest BCUT2D eigenvalue weighted by Gasteiger charge is 2.31. The Morgan fingerprint density at radius 2 is 1.92 bits per heavy atom. The molecule has 1 aliphatic rings. The maximum Gasteiger partial charge on any atom is 0.261 e. The summed E-state index contributed by atoms with van der Waals surface area (Å²) in [4.78, 5) is 0.142. The van der Waals surface area contributed by atoms with Crippen molar-refractivity contribution < 1.29 is 21.6 Å². The Kier molecular flexibility index (Phi) is 4.85. The van der Waals surface area contributed by atoms with E-state index in [-0.39, 0.29) is 16.3 Å². The topological polar surface area (TPSA) is 92.8 Å². The standard InChI is InChI=1S/C17H20N2O5S2/c1-13-5-3-6-15(11-13)26(22,23)18-14-7-8-17(24-2)16(12-14)19-9-4-10-25(19,20)21/h3,5-8,11-12,18H,4,9-10H2,1-2H3. The molecule has 1 heterocycles. The van der Waals surface area contributed by atoms with Gasteiger partial charge in [0.1, 0.15) is 5.75 Å². The first-order valence-electron chi connectivity index (χ1n) is 8.01. The first kappa shape index (κ1) is 18.5. The van der Waals surface area contributed by atoms with Gasteiger partial charge in [0.2, 0.25) is 10.0 Å². The summed E-state index contributed by atoms with van der Waals surface area (Å²) in [6.45, 7) is 2.15. The Labute approximate surface area is 153 Å². The molecule has 0 atom stereocenters. The Hall–Kier alpha value is -2.26. The van der Waals surface area contributed by atoms with Gasteiger partial charge in [-0.25, -0.2) is 16.8 Å². The zero-order valence-electron chi connectivity index (χ0n) is 14.5. The normalized spacial score (nSPS) is 16.5. The summed E-state index contributed by atoms with van der Waals surface area (Å²) in [6, 6.07) is 11.1. The molecule has 1 fully saturated rings. The number of rotatable bonds is 5. The van der Waals surface area contributed by atoms with Crippen LogP contribution in [0.5, 0.6) is 5.75 Å². The molecule has 0 amide bonds. The molecule has 7 nitrogen and oxygen atoms in total. The zero-order chi connectivity index (χ0) is 18.9. The molecular formula is C17H20N2O5S2. The average molecular weight is 396 g/mol. The molecule has 0 aromatic heterocycles. The van der Waals surface area contributed by atoms with E-state index in [1.54, 1.807) is 24.3 Å². The highest BCUT2D eigenvalue weighted by Crippen LogP contribution is 2.36. The van der Waals surface area contributed by atoms with Crippen LogP contribution in [0.1, 0.15) is 12.0 Å². The number of nitrogens with one attached hydrogen (secondary N) is 1. The molecule has 0 aliphatic carbocycles. The van der Waals surface area contributed by atoms with Crippen molar-refractivity contribution in [1.29, 1.82) is 0 Å². The minimum atomic E-state index is -3.78. The van der Waals surface area contributed by atoms with Crippen LogP contribution in [0.25, 0.3) is 0 Å². The summed E-state index contributed by atoms with van der Waals surface area (Å²) < 4.78 is 58.6. The third-order valence-electron chi connectivity index (χ3n) is 4.10. The lowest BCUT2D eigenvalue weighted by molar-refractivity contribution is 0.415. The van der Waals surface area contributed by atoms with E-state index in [4.69, 9.17) is 4.74 Å². The summed E-state index contributed by atoms with van der Waals surface area (Å²) in [7, 11) is -5.76. The highest BCUT2D eigenvalue weighted by molar-refractivity contribution is 7.93. The molecule has 2 aromatic rings. The highest BCUT2D eigenvalue weighted by atomic mass is 32.2. The van der Waals surface area contributed by atoms with Crippen molar-refractivity contribution in [1.82, 2.24) is 0 Å². The Morgan fingerprint density at radius 3 is 2.54 bits per heavy atom. The number of hydrogen-bond acceptors (Lipinski definition) is 5. The van der Waals surface area contributed by atoms with E-state index in [9.17, 15) is 16.8 Å². The van der Waals surface area contributed by atoms with Gasteiger partial charge in [-0.3, -0.25) is 9.03 Å². The SMILES string of the molecule is COc1ccc(NS(=O)(=O)c2cccc(C)c2)cc1N1CCCS1(=O)=O. The van der Waals surface area contributed by atoms with E-state index in [0.717, 1.165) is 5.56 Å². The number of nitrogens with zero attached hydrogens (tertiary/aromatic N) is 1. The van der Waals surface area contributed by atoms with Crippen molar-refractivity contribution in [3.8, 4) is 5.75 Å². The molecular weight excluding hydrogens is 376 g/mol. The third-order valence-corrected chi connectivity index (χ3v) is 7.33. The predicted octanol–water partition coefficient (Wildman–Crippen LogP) is 2.34. The van der Waals surface area contributed by atoms with Gasteiger partial charge in [-0.05, 0) is 49.2 Å². The van der Waals surface area contributed by atoms with Gasteiger partial charge in [0, 0.05) is 6.54 Å². The number of hydrogen-bond donors (Lipinski definition) is 1. The van der Waals surface area contributed by atoms with E-state index in [0.29, 0.717) is 24.4 Å². The number of ether oxygens (including phenoxy) is 1. The van der Waals surface area contributed by atoms with E-state index in [1.807, 2.05) is 13.0 Å². The maximum absolute atomic E-state index is 12.6. The lowest BCUT2D eigenvalue weighted by Crippen LogP contribution is -2.25. The smallest absolute Gasteiger partial charge is 0.261 e. The van der Waals surface area contributed by atoms with Crippen LogP contribution in [0.2, 0.25) is 0 Å². The molecule has 0 saturated carbocycles. The molecule has 1 N–H and O–H groups in total. The molecule has 9 heteroatoms. The Bertz CT molecular complexity index is 1030. The van der Waals surface area contributed by atoms with Crippen molar-refractivity contribution in [3.05, 3.63) is 48.0 Å². The quantitative estimate of drug-likeness (QED) is 0.837. The molecule has 26 heavy (non-hydrogen) atoms. The number of sulfonamides is 2. The predicted molar refractivity (Wildman–Crippen MR) is 101 cm³/mol. The second-order valence-electron chi connectivity index (χ2n) is 6.05. The molecule has 1 aliphatic heterocycles. The second kappa shape index (κ2) is 6.81. The minimum Gasteiger partial charge on any atom is -0.495 e. The lowest BCUT2D eigenvalue weighted by atomic mass is 10.2. The van der Waals surface area contributed by atoms with Gasteiger partial charge < -0.3 is 4.74 Å². The van der Waals surface area contributed by atoms with Crippen LogP contribution in [0.15, 0.2) is 47.4 Å². The first-order valence-corrected chi connectivity index (χ1v) is 11.1. The summed E-state index contributed by atoms with van der Waals surface area (Å²) >= 11 is 0. The zero-order valence-corrected chi connectivity index (χ0v) is 16.1. The molecule has 3 rings (SSSR count). The van der Waals surface area contributed by atoms with E-state index >= 15 is 0 Å². The Morgan fingerprint density at radius 1 is 1.15 bits per heavy atom. The second-order valence-corrected chi connectivity index (χ2v) is 9.75. The van der Waals surface area contributed by atoms with Crippen molar-refractivity contribution in [3.63, 3.8) is 0 Å². The van der Waals surface area contributed by atoms with Crippen LogP contribution >= 0.6 is 0 Å². The van der Waals surface area contributed by atoms with Gasteiger partial charge in [0.25, 0.3) is 10.0 Å². The molecule has 0 bridgehead atoms. The van der Waals surface area contributed by atoms with Crippen LogP contribution in [-0.4, -0.2) is 36.2 Å². The monoisotopic (exact) mass is 396 g/mol. The first-order chi connectivity index (χ1) is 12.2. The van der Waals surface area contributed by atoms with Crippen LogP contribution in [0.4, 0.5) is 11.4 Å². The van der Waals surface area contributed by atoms with Crippen LogP contribution in [0.3, 0.4) is 0 Å². The Balaban J connectivity index is 1.98.